The zero-order valence-corrected chi connectivity index (χ0v) is 15.2. The van der Waals surface area contributed by atoms with E-state index in [0.717, 1.165) is 5.57 Å². The highest BCUT2D eigenvalue weighted by molar-refractivity contribution is 5.95. The van der Waals surface area contributed by atoms with Gasteiger partial charge in [-0.1, -0.05) is 47.1 Å². The van der Waals surface area contributed by atoms with Crippen molar-refractivity contribution in [2.45, 2.75) is 81.3 Å². The van der Waals surface area contributed by atoms with Gasteiger partial charge in [0.05, 0.1) is 0 Å². The van der Waals surface area contributed by atoms with Crippen molar-refractivity contribution in [3.05, 3.63) is 11.1 Å². The van der Waals surface area contributed by atoms with Crippen LogP contribution in [0.25, 0.3) is 0 Å². The lowest BCUT2D eigenvalue weighted by Gasteiger charge is -2.34. The maximum Gasteiger partial charge on any atom is 0.250 e. The van der Waals surface area contributed by atoms with E-state index in [9.17, 15) is 4.79 Å². The van der Waals surface area contributed by atoms with Gasteiger partial charge in [-0.15, -0.1) is 0 Å². The number of carbonyl (C=O) groups excluding carboxylic acids is 1. The van der Waals surface area contributed by atoms with E-state index in [1.165, 1.54) is 5.57 Å². The fraction of sp³-hybridized carbons (Fsp3) is 0.833. The van der Waals surface area contributed by atoms with Crippen LogP contribution in [0.2, 0.25) is 0 Å². The average Bonchev–Trinajstić information content (AvgIpc) is 2.22. The molecule has 0 aliphatic carbocycles. The molecule has 0 radical (unpaired) electrons. The van der Waals surface area contributed by atoms with Crippen LogP contribution in [0.3, 0.4) is 0 Å². The molecule has 2 nitrogen and oxygen atoms in total. The quantitative estimate of drug-likeness (QED) is 0.634. The van der Waals surface area contributed by atoms with Gasteiger partial charge in [-0.2, -0.15) is 0 Å². The Morgan fingerprint density at radius 2 is 1.00 bits per heavy atom. The molecule has 0 aromatic heterocycles. The van der Waals surface area contributed by atoms with Crippen molar-refractivity contribution in [2.75, 3.05) is 0 Å². The molecule has 0 aliphatic heterocycles. The summed E-state index contributed by atoms with van der Waals surface area (Å²) in [6.07, 6.45) is 0. The molecule has 0 saturated heterocycles. The molecule has 0 N–H and O–H groups in total. The van der Waals surface area contributed by atoms with Gasteiger partial charge in [0.25, 0.3) is 0 Å². The molecule has 20 heavy (non-hydrogen) atoms. The smallest absolute Gasteiger partial charge is 0.250 e. The van der Waals surface area contributed by atoms with E-state index in [1.54, 1.807) is 0 Å². The van der Waals surface area contributed by atoms with Crippen molar-refractivity contribution in [2.24, 2.45) is 17.8 Å². The second-order valence-corrected chi connectivity index (χ2v) is 7.23. The third kappa shape index (κ3) is 4.64. The van der Waals surface area contributed by atoms with Gasteiger partial charge in [0, 0.05) is 17.7 Å². The predicted molar refractivity (Wildman–Crippen MR) is 88.7 cm³/mol. The SMILES string of the molecule is CC(C)C(C(=O)N(C(C)C)C(C)C)=C(C(C)C)C(C)C. The van der Waals surface area contributed by atoms with Gasteiger partial charge >= 0.3 is 0 Å². The summed E-state index contributed by atoms with van der Waals surface area (Å²) in [6, 6.07) is 0.466. The predicted octanol–water partition coefficient (Wildman–Crippen LogP) is 4.90. The zero-order valence-electron chi connectivity index (χ0n) is 15.2. The fourth-order valence-electron chi connectivity index (χ4n) is 3.20. The van der Waals surface area contributed by atoms with E-state index in [2.05, 4.69) is 69.2 Å². The summed E-state index contributed by atoms with van der Waals surface area (Å²) >= 11 is 0. The van der Waals surface area contributed by atoms with Gasteiger partial charge in [-0.3, -0.25) is 4.79 Å². The first kappa shape index (κ1) is 19.2. The summed E-state index contributed by atoms with van der Waals surface area (Å²) in [7, 11) is 0. The van der Waals surface area contributed by atoms with Gasteiger partial charge in [-0.25, -0.2) is 0 Å². The largest absolute Gasteiger partial charge is 0.334 e. The standard InChI is InChI=1S/C18H35NO/c1-11(2)16(12(3)4)17(13(5)6)18(20)19(14(7)8)15(9)10/h11-15H,1-10H3. The molecule has 0 bridgehead atoms. The highest BCUT2D eigenvalue weighted by Crippen LogP contribution is 2.30. The van der Waals surface area contributed by atoms with Crippen molar-refractivity contribution in [1.29, 1.82) is 0 Å². The normalized spacial score (nSPS) is 11.9. The Balaban J connectivity index is 5.93. The number of hydrogen-bond donors (Lipinski definition) is 0. The van der Waals surface area contributed by atoms with Crippen LogP contribution in [0.4, 0.5) is 0 Å². The summed E-state index contributed by atoms with van der Waals surface area (Å²) in [5.41, 5.74) is 2.34. The van der Waals surface area contributed by atoms with Crippen LogP contribution in [-0.4, -0.2) is 22.9 Å². The third-order valence-corrected chi connectivity index (χ3v) is 3.71. The van der Waals surface area contributed by atoms with Crippen LogP contribution in [0.5, 0.6) is 0 Å². The molecule has 0 saturated carbocycles. The van der Waals surface area contributed by atoms with Crippen molar-refractivity contribution in [3.8, 4) is 0 Å². The van der Waals surface area contributed by atoms with Gasteiger partial charge in [0.2, 0.25) is 5.91 Å². The second-order valence-electron chi connectivity index (χ2n) is 7.23. The maximum absolute atomic E-state index is 13.1. The number of allylic oxidation sites excluding steroid dienone is 1. The van der Waals surface area contributed by atoms with E-state index in [1.807, 2.05) is 4.90 Å². The summed E-state index contributed by atoms with van der Waals surface area (Å²) in [5, 5.41) is 0. The van der Waals surface area contributed by atoms with Crippen LogP contribution < -0.4 is 0 Å². The maximum atomic E-state index is 13.1. The Bertz CT molecular complexity index is 330. The first-order chi connectivity index (χ1) is 9.02. The number of carbonyl (C=O) groups is 1. The van der Waals surface area contributed by atoms with Gasteiger partial charge in [0.1, 0.15) is 0 Å². The molecular weight excluding hydrogens is 246 g/mol. The van der Waals surface area contributed by atoms with Crippen molar-refractivity contribution >= 4 is 5.91 Å². The van der Waals surface area contributed by atoms with Crippen LogP contribution in [0.1, 0.15) is 69.2 Å². The minimum absolute atomic E-state index is 0.224. The van der Waals surface area contributed by atoms with Crippen LogP contribution in [0.15, 0.2) is 11.1 Å². The van der Waals surface area contributed by atoms with Gasteiger partial charge in [0.15, 0.2) is 0 Å². The summed E-state index contributed by atoms with van der Waals surface area (Å²) < 4.78 is 0. The van der Waals surface area contributed by atoms with Crippen molar-refractivity contribution < 1.29 is 4.79 Å². The first-order valence-corrected chi connectivity index (χ1v) is 8.08. The Labute approximate surface area is 126 Å². The lowest BCUT2D eigenvalue weighted by atomic mass is 9.83. The Hall–Kier alpha value is -0.790. The van der Waals surface area contributed by atoms with E-state index in [-0.39, 0.29) is 23.9 Å². The van der Waals surface area contributed by atoms with Crippen LogP contribution >= 0.6 is 0 Å². The summed E-state index contributed by atoms with van der Waals surface area (Å²) in [5.74, 6) is 1.32. The number of amides is 1. The molecule has 0 aromatic rings. The first-order valence-electron chi connectivity index (χ1n) is 8.08. The van der Waals surface area contributed by atoms with E-state index >= 15 is 0 Å². The number of rotatable bonds is 6. The van der Waals surface area contributed by atoms with Crippen molar-refractivity contribution in [3.63, 3.8) is 0 Å². The monoisotopic (exact) mass is 281 g/mol. The molecular formula is C18H35NO. The Morgan fingerprint density at radius 3 is 1.20 bits per heavy atom. The summed E-state index contributed by atoms with van der Waals surface area (Å²) in [6.45, 7) is 21.4. The molecule has 0 spiro atoms. The van der Waals surface area contributed by atoms with E-state index in [0.29, 0.717) is 11.8 Å². The Morgan fingerprint density at radius 1 is 0.650 bits per heavy atom. The highest BCUT2D eigenvalue weighted by atomic mass is 16.2. The molecule has 0 unspecified atom stereocenters. The van der Waals surface area contributed by atoms with Crippen LogP contribution in [0, 0.1) is 17.8 Å². The molecule has 0 heterocycles. The fourth-order valence-corrected chi connectivity index (χ4v) is 3.20. The van der Waals surface area contributed by atoms with E-state index in [4.69, 9.17) is 0 Å². The third-order valence-electron chi connectivity index (χ3n) is 3.71. The minimum Gasteiger partial charge on any atom is -0.334 e. The number of nitrogens with zero attached hydrogens (tertiary/aromatic N) is 1. The molecule has 0 fully saturated rings. The van der Waals surface area contributed by atoms with Crippen molar-refractivity contribution in [1.82, 2.24) is 4.90 Å². The molecule has 2 heteroatoms. The van der Waals surface area contributed by atoms with Gasteiger partial charge < -0.3 is 4.90 Å². The molecule has 0 aromatic carbocycles. The minimum atomic E-state index is 0.224. The van der Waals surface area contributed by atoms with Gasteiger partial charge in [-0.05, 0) is 45.4 Å². The molecule has 0 rings (SSSR count). The lowest BCUT2D eigenvalue weighted by molar-refractivity contribution is -0.131. The topological polar surface area (TPSA) is 20.3 Å². The molecule has 0 atom stereocenters. The van der Waals surface area contributed by atoms with E-state index < -0.39 is 0 Å². The summed E-state index contributed by atoms with van der Waals surface area (Å²) in [4.78, 5) is 15.1. The molecule has 1 amide bonds. The number of hydrogen-bond acceptors (Lipinski definition) is 1. The average molecular weight is 281 g/mol. The second kappa shape index (κ2) is 7.85. The molecule has 118 valence electrons. The lowest BCUT2D eigenvalue weighted by Crippen LogP contribution is -2.44. The molecule has 0 aliphatic rings. The van der Waals surface area contributed by atoms with Crippen LogP contribution in [-0.2, 0) is 4.79 Å². The Kier molecular flexibility index (Phi) is 7.54. The highest BCUT2D eigenvalue weighted by Gasteiger charge is 2.29. The zero-order chi connectivity index (χ0) is 16.2.